The maximum Gasteiger partial charge on any atom is 0.433 e. The van der Waals surface area contributed by atoms with E-state index in [-0.39, 0.29) is 0 Å². The first-order chi connectivity index (χ1) is 9.49. The Morgan fingerprint density at radius 3 is 2.45 bits per heavy atom. The smallest absolute Gasteiger partial charge is 0.371 e. The lowest BCUT2D eigenvalue weighted by Crippen LogP contribution is -2.49. The van der Waals surface area contributed by atoms with Gasteiger partial charge in [0.05, 0.1) is 0 Å². The van der Waals surface area contributed by atoms with Gasteiger partial charge in [0.15, 0.2) is 0 Å². The third kappa shape index (κ3) is 2.37. The van der Waals surface area contributed by atoms with E-state index in [2.05, 4.69) is 17.3 Å². The highest BCUT2D eigenvalue weighted by atomic mass is 19.4. The molecule has 0 amide bonds. The maximum absolute atomic E-state index is 12.7. The molecule has 1 aliphatic heterocycles. The van der Waals surface area contributed by atoms with Crippen molar-refractivity contribution in [3.05, 3.63) is 31.1 Å². The van der Waals surface area contributed by atoms with Crippen LogP contribution in [0.25, 0.3) is 0 Å². The molecule has 1 aromatic heterocycles. The molecule has 3 nitrogen and oxygen atoms in total. The number of nitrogens with zero attached hydrogens (tertiary/aromatic N) is 2. The molecule has 1 radical (unpaired) electrons. The van der Waals surface area contributed by atoms with Crippen LogP contribution in [-0.2, 0) is 6.18 Å². The fourth-order valence-corrected chi connectivity index (χ4v) is 3.54. The summed E-state index contributed by atoms with van der Waals surface area (Å²) >= 11 is 0. The summed E-state index contributed by atoms with van der Waals surface area (Å²) in [5, 5.41) is 3.10. The summed E-state index contributed by atoms with van der Waals surface area (Å²) in [6.45, 7) is 1.57. The highest BCUT2D eigenvalue weighted by Gasteiger charge is 2.41. The van der Waals surface area contributed by atoms with Gasteiger partial charge in [-0.1, -0.05) is 0 Å². The topological polar surface area (TPSA) is 28.2 Å². The molecule has 2 bridgehead atoms. The fraction of sp³-hybridized carbons (Fsp3) is 0.571. The average molecular weight is 284 g/mol. The lowest BCUT2D eigenvalue weighted by Gasteiger charge is -2.39. The Labute approximate surface area is 116 Å². The van der Waals surface area contributed by atoms with Gasteiger partial charge in [-0.05, 0) is 36.8 Å². The summed E-state index contributed by atoms with van der Waals surface area (Å²) in [6, 6.07) is 3.21. The average Bonchev–Trinajstić information content (AvgIpc) is 2.66. The van der Waals surface area contributed by atoms with Crippen molar-refractivity contribution in [2.75, 3.05) is 18.0 Å². The molecule has 6 heteroatoms. The van der Waals surface area contributed by atoms with Crippen LogP contribution in [-0.4, -0.2) is 24.1 Å². The van der Waals surface area contributed by atoms with Crippen LogP contribution in [0.4, 0.5) is 18.9 Å². The van der Waals surface area contributed by atoms with Crippen molar-refractivity contribution in [3.63, 3.8) is 0 Å². The predicted octanol–water partition coefficient (Wildman–Crippen LogP) is 2.70. The minimum Gasteiger partial charge on any atom is -0.371 e. The number of halogens is 3. The molecule has 0 aromatic carbocycles. The van der Waals surface area contributed by atoms with Gasteiger partial charge in [-0.25, -0.2) is 0 Å². The van der Waals surface area contributed by atoms with Crippen LogP contribution in [0, 0.1) is 18.9 Å². The van der Waals surface area contributed by atoms with E-state index in [9.17, 15) is 13.2 Å². The first-order valence-electron chi connectivity index (χ1n) is 6.80. The lowest BCUT2D eigenvalue weighted by molar-refractivity contribution is -0.141. The van der Waals surface area contributed by atoms with Crippen molar-refractivity contribution in [2.24, 2.45) is 11.8 Å². The normalized spacial score (nSPS) is 29.8. The molecule has 2 atom stereocenters. The molecule has 1 aliphatic carbocycles. The van der Waals surface area contributed by atoms with Gasteiger partial charge in [-0.3, -0.25) is 4.98 Å². The van der Waals surface area contributed by atoms with Gasteiger partial charge in [-0.2, -0.15) is 13.2 Å². The number of fused-ring (bicyclic) bond motifs is 2. The molecule has 2 unspecified atom stereocenters. The highest BCUT2D eigenvalue weighted by molar-refractivity contribution is 5.48. The van der Waals surface area contributed by atoms with Crippen molar-refractivity contribution in [2.45, 2.75) is 25.1 Å². The van der Waals surface area contributed by atoms with E-state index in [1.54, 1.807) is 6.07 Å². The fourth-order valence-electron chi connectivity index (χ4n) is 3.54. The summed E-state index contributed by atoms with van der Waals surface area (Å²) in [6.07, 6.45) is -0.912. The Kier molecular flexibility index (Phi) is 3.36. The van der Waals surface area contributed by atoms with Gasteiger partial charge in [0, 0.05) is 38.1 Å². The Hall–Kier alpha value is -1.30. The summed E-state index contributed by atoms with van der Waals surface area (Å²) in [5.74, 6) is 0.933. The third-order valence-electron chi connectivity index (χ3n) is 4.47. The number of pyridine rings is 1. The van der Waals surface area contributed by atoms with Crippen LogP contribution in [0.1, 0.15) is 18.5 Å². The summed E-state index contributed by atoms with van der Waals surface area (Å²) in [7, 11) is 3.77. The van der Waals surface area contributed by atoms with E-state index >= 15 is 0 Å². The van der Waals surface area contributed by atoms with Gasteiger partial charge in [0.1, 0.15) is 5.69 Å². The second kappa shape index (κ2) is 4.91. The number of piperidine rings is 1. The Morgan fingerprint density at radius 1 is 1.25 bits per heavy atom. The number of rotatable bonds is 2. The van der Waals surface area contributed by atoms with Crippen LogP contribution < -0.4 is 10.2 Å². The molecule has 3 rings (SSSR count). The predicted molar refractivity (Wildman–Crippen MR) is 69.9 cm³/mol. The molecule has 2 fully saturated rings. The van der Waals surface area contributed by atoms with Gasteiger partial charge in [-0.15, -0.1) is 0 Å². The molecule has 0 spiro atoms. The zero-order chi connectivity index (χ0) is 14.3. The Balaban J connectivity index is 1.81. The Morgan fingerprint density at radius 2 is 1.90 bits per heavy atom. The Bertz CT molecular complexity index is 475. The van der Waals surface area contributed by atoms with Crippen LogP contribution in [0.2, 0.25) is 0 Å². The summed E-state index contributed by atoms with van der Waals surface area (Å²) in [4.78, 5) is 5.46. The number of anilines is 1. The van der Waals surface area contributed by atoms with Crippen LogP contribution in [0.15, 0.2) is 18.3 Å². The quantitative estimate of drug-likeness (QED) is 0.905. The van der Waals surface area contributed by atoms with E-state index in [4.69, 9.17) is 0 Å². The third-order valence-corrected chi connectivity index (χ3v) is 4.47. The monoisotopic (exact) mass is 284 g/mol. The molecular formula is C14H17F3N3. The summed E-state index contributed by atoms with van der Waals surface area (Å²) in [5.41, 5.74) is -0.202. The second-order valence-corrected chi connectivity index (χ2v) is 5.63. The maximum atomic E-state index is 12.7. The molecule has 1 saturated heterocycles. The van der Waals surface area contributed by atoms with Crippen molar-refractivity contribution >= 4 is 5.69 Å². The van der Waals surface area contributed by atoms with E-state index in [0.29, 0.717) is 23.6 Å². The van der Waals surface area contributed by atoms with E-state index < -0.39 is 11.9 Å². The van der Waals surface area contributed by atoms with Crippen LogP contribution >= 0.6 is 0 Å². The van der Waals surface area contributed by atoms with Crippen molar-refractivity contribution in [3.8, 4) is 0 Å². The van der Waals surface area contributed by atoms with Crippen LogP contribution in [0.3, 0.4) is 0 Å². The van der Waals surface area contributed by atoms with E-state index in [1.807, 2.05) is 4.90 Å². The number of alkyl halides is 3. The van der Waals surface area contributed by atoms with Gasteiger partial charge < -0.3 is 10.2 Å². The number of aromatic nitrogens is 1. The van der Waals surface area contributed by atoms with Gasteiger partial charge >= 0.3 is 6.18 Å². The molecule has 20 heavy (non-hydrogen) atoms. The van der Waals surface area contributed by atoms with Crippen LogP contribution in [0.5, 0.6) is 0 Å². The zero-order valence-corrected chi connectivity index (χ0v) is 11.0. The number of hydrogen-bond donors (Lipinski definition) is 1. The standard InChI is InChI=1S/C14H17F3N3/c1-18-13-9-2-3-10(13)8-20(7-9)11-4-5-19-12(6-11)14(15,16)17/h4-6,9-10,13,18H,1-3,7-8H2. The van der Waals surface area contributed by atoms with Gasteiger partial charge in [0.25, 0.3) is 0 Å². The summed E-state index contributed by atoms with van der Waals surface area (Å²) < 4.78 is 38.2. The minimum atomic E-state index is -4.39. The molecule has 2 aliphatic rings. The first-order valence-corrected chi connectivity index (χ1v) is 6.80. The molecule has 1 saturated carbocycles. The highest BCUT2D eigenvalue weighted by Crippen LogP contribution is 2.39. The lowest BCUT2D eigenvalue weighted by atomic mass is 9.92. The number of hydrogen-bond acceptors (Lipinski definition) is 3. The van der Waals surface area contributed by atoms with Crippen molar-refractivity contribution in [1.29, 1.82) is 0 Å². The first kappa shape index (κ1) is 13.7. The SMILES string of the molecule is [CH2]NC1C2CCC1CN(c1ccnc(C(F)(F)F)c1)C2. The van der Waals surface area contributed by atoms with Crippen molar-refractivity contribution < 1.29 is 13.2 Å². The van der Waals surface area contributed by atoms with E-state index in [0.717, 1.165) is 32.0 Å². The van der Waals surface area contributed by atoms with E-state index in [1.165, 1.54) is 6.20 Å². The van der Waals surface area contributed by atoms with Gasteiger partial charge in [0.2, 0.25) is 0 Å². The molecular weight excluding hydrogens is 267 g/mol. The molecule has 2 heterocycles. The van der Waals surface area contributed by atoms with Crippen molar-refractivity contribution in [1.82, 2.24) is 10.3 Å². The zero-order valence-electron chi connectivity index (χ0n) is 11.0. The number of nitrogens with one attached hydrogen (secondary N) is 1. The largest absolute Gasteiger partial charge is 0.433 e. The molecule has 109 valence electrons. The second-order valence-electron chi connectivity index (χ2n) is 5.63. The molecule has 1 aromatic rings. The molecule has 1 N–H and O–H groups in total. The minimum absolute atomic E-state index is 0.398.